The van der Waals surface area contributed by atoms with Gasteiger partial charge >= 0.3 is 0 Å². The lowest BCUT2D eigenvalue weighted by Gasteiger charge is -1.93. The molecule has 0 N–H and O–H groups in total. The number of carbonyl (C=O) groups is 1. The van der Waals surface area contributed by atoms with E-state index in [2.05, 4.69) is 10.4 Å². The summed E-state index contributed by atoms with van der Waals surface area (Å²) in [6.45, 7) is 3.45. The minimum Gasteiger partial charge on any atom is -0.294 e. The van der Waals surface area contributed by atoms with E-state index in [1.807, 2.05) is 6.92 Å². The van der Waals surface area contributed by atoms with Crippen LogP contribution in [0, 0.1) is 6.92 Å². The Morgan fingerprint density at radius 3 is 2.77 bits per heavy atom. The molecular formula is C8H10N4O. The largest absolute Gasteiger partial charge is 0.294 e. The molecule has 0 radical (unpaired) electrons. The lowest BCUT2D eigenvalue weighted by Crippen LogP contribution is -1.98. The predicted octanol–water partition coefficient (Wildman–Crippen LogP) is 0.579. The molecule has 0 aliphatic carbocycles. The van der Waals surface area contributed by atoms with Crippen molar-refractivity contribution in [3.63, 3.8) is 0 Å². The molecule has 68 valence electrons. The molecule has 13 heavy (non-hydrogen) atoms. The highest BCUT2D eigenvalue weighted by atomic mass is 16.1. The van der Waals surface area contributed by atoms with Gasteiger partial charge in [0.15, 0.2) is 11.4 Å². The normalized spacial score (nSPS) is 11.0. The Morgan fingerprint density at radius 1 is 1.46 bits per heavy atom. The van der Waals surface area contributed by atoms with E-state index in [-0.39, 0.29) is 5.78 Å². The van der Waals surface area contributed by atoms with E-state index in [1.165, 1.54) is 0 Å². The van der Waals surface area contributed by atoms with Gasteiger partial charge in [-0.3, -0.25) is 4.79 Å². The maximum Gasteiger partial charge on any atom is 0.164 e. The lowest BCUT2D eigenvalue weighted by atomic mass is 10.1. The zero-order chi connectivity index (χ0) is 9.59. The first-order valence-corrected chi connectivity index (χ1v) is 4.00. The molecule has 0 unspecified atom stereocenters. The quantitative estimate of drug-likeness (QED) is 0.600. The van der Waals surface area contributed by atoms with Crippen LogP contribution < -0.4 is 0 Å². The van der Waals surface area contributed by atoms with Gasteiger partial charge in [0.05, 0.1) is 5.56 Å². The summed E-state index contributed by atoms with van der Waals surface area (Å²) in [6.07, 6.45) is 1.80. The number of rotatable bonds is 1. The highest BCUT2D eigenvalue weighted by Crippen LogP contribution is 2.16. The summed E-state index contributed by atoms with van der Waals surface area (Å²) >= 11 is 0. The molecule has 0 aromatic carbocycles. The van der Waals surface area contributed by atoms with E-state index in [0.717, 1.165) is 11.2 Å². The first-order valence-electron chi connectivity index (χ1n) is 4.00. The second-order valence-electron chi connectivity index (χ2n) is 3.11. The highest BCUT2D eigenvalue weighted by Gasteiger charge is 2.15. The van der Waals surface area contributed by atoms with E-state index >= 15 is 0 Å². The van der Waals surface area contributed by atoms with Crippen molar-refractivity contribution in [3.8, 4) is 0 Å². The van der Waals surface area contributed by atoms with Crippen LogP contribution in [-0.4, -0.2) is 25.4 Å². The number of Topliss-reactive ketones (excluding diaryl/α,β-unsaturated/α-hetero) is 1. The van der Waals surface area contributed by atoms with Crippen LogP contribution in [0.1, 0.15) is 22.8 Å². The molecule has 2 aromatic rings. The maximum atomic E-state index is 11.3. The van der Waals surface area contributed by atoms with Gasteiger partial charge in [-0.1, -0.05) is 0 Å². The molecule has 0 spiro atoms. The summed E-state index contributed by atoms with van der Waals surface area (Å²) < 4.78 is 3.22. The topological polar surface area (TPSA) is 52.2 Å². The highest BCUT2D eigenvalue weighted by molar-refractivity contribution is 6.01. The molecule has 2 aromatic heterocycles. The molecule has 2 heterocycles. The Morgan fingerprint density at radius 2 is 2.15 bits per heavy atom. The molecule has 5 nitrogen and oxygen atoms in total. The van der Waals surface area contributed by atoms with Crippen LogP contribution in [0.3, 0.4) is 0 Å². The van der Waals surface area contributed by atoms with E-state index < -0.39 is 0 Å². The molecule has 0 aliphatic heterocycles. The van der Waals surface area contributed by atoms with Gasteiger partial charge in [0.1, 0.15) is 0 Å². The zero-order valence-corrected chi connectivity index (χ0v) is 7.77. The number of aromatic nitrogens is 4. The number of nitrogens with zero attached hydrogens (tertiary/aromatic N) is 4. The Kier molecular flexibility index (Phi) is 1.48. The predicted molar refractivity (Wildman–Crippen MR) is 46.7 cm³/mol. The number of tetrazole rings is 1. The summed E-state index contributed by atoms with van der Waals surface area (Å²) in [7, 11) is 1.77. The number of carbonyl (C=O) groups excluding carboxylic acids is 1. The zero-order valence-electron chi connectivity index (χ0n) is 7.77. The van der Waals surface area contributed by atoms with Crippen LogP contribution in [0.5, 0.6) is 0 Å². The van der Waals surface area contributed by atoms with Crippen molar-refractivity contribution >= 4 is 11.4 Å². The molecule has 0 amide bonds. The van der Waals surface area contributed by atoms with Gasteiger partial charge in [0, 0.05) is 13.2 Å². The Bertz CT molecular complexity index is 480. The van der Waals surface area contributed by atoms with Crippen LogP contribution in [0.4, 0.5) is 0 Å². The minimum absolute atomic E-state index is 0.0467. The maximum absolute atomic E-state index is 11.3. The van der Waals surface area contributed by atoms with Crippen LogP contribution >= 0.6 is 0 Å². The average molecular weight is 178 g/mol. The second-order valence-corrected chi connectivity index (χ2v) is 3.11. The third-order valence-electron chi connectivity index (χ3n) is 2.08. The van der Waals surface area contributed by atoms with Gasteiger partial charge in [0.2, 0.25) is 0 Å². The fraction of sp³-hybridized carbons (Fsp3) is 0.375. The molecule has 0 saturated carbocycles. The van der Waals surface area contributed by atoms with Crippen molar-refractivity contribution in [1.82, 2.24) is 19.6 Å². The van der Waals surface area contributed by atoms with Crippen LogP contribution in [0.15, 0.2) is 6.20 Å². The summed E-state index contributed by atoms with van der Waals surface area (Å²) in [5.74, 6) is 0.0467. The molecular weight excluding hydrogens is 168 g/mol. The van der Waals surface area contributed by atoms with Crippen molar-refractivity contribution < 1.29 is 4.79 Å². The van der Waals surface area contributed by atoms with Crippen molar-refractivity contribution in [1.29, 1.82) is 0 Å². The van der Waals surface area contributed by atoms with Crippen molar-refractivity contribution in [2.75, 3.05) is 0 Å². The fourth-order valence-corrected chi connectivity index (χ4v) is 1.56. The van der Waals surface area contributed by atoms with Crippen molar-refractivity contribution in [2.24, 2.45) is 7.05 Å². The summed E-state index contributed by atoms with van der Waals surface area (Å²) in [5, 5.41) is 7.68. The third-order valence-corrected chi connectivity index (χ3v) is 2.08. The first kappa shape index (κ1) is 7.97. The molecule has 0 bridgehead atoms. The number of hydrogen-bond donors (Lipinski definition) is 0. The van der Waals surface area contributed by atoms with Crippen molar-refractivity contribution in [3.05, 3.63) is 17.3 Å². The van der Waals surface area contributed by atoms with Crippen LogP contribution in [0.2, 0.25) is 0 Å². The van der Waals surface area contributed by atoms with Crippen molar-refractivity contribution in [2.45, 2.75) is 13.8 Å². The molecule has 0 saturated heterocycles. The Labute approximate surface area is 74.9 Å². The van der Waals surface area contributed by atoms with E-state index in [1.54, 1.807) is 29.4 Å². The average Bonchev–Trinajstić information content (AvgIpc) is 2.51. The molecule has 0 aliphatic rings. The third kappa shape index (κ3) is 0.965. The summed E-state index contributed by atoms with van der Waals surface area (Å²) in [4.78, 5) is 11.3. The Hall–Kier alpha value is -1.65. The Balaban J connectivity index is 2.90. The van der Waals surface area contributed by atoms with E-state index in [9.17, 15) is 4.79 Å². The molecule has 5 heteroatoms. The first-order chi connectivity index (χ1) is 6.11. The van der Waals surface area contributed by atoms with Gasteiger partial charge in [-0.25, -0.2) is 9.20 Å². The molecule has 0 fully saturated rings. The number of fused-ring (bicyclic) bond motifs is 1. The summed E-state index contributed by atoms with van der Waals surface area (Å²) in [5.41, 5.74) is 2.39. The smallest absolute Gasteiger partial charge is 0.164 e. The van der Waals surface area contributed by atoms with Gasteiger partial charge in [0.25, 0.3) is 0 Å². The van der Waals surface area contributed by atoms with E-state index in [4.69, 9.17) is 0 Å². The fourth-order valence-electron chi connectivity index (χ4n) is 1.56. The van der Waals surface area contributed by atoms with Crippen LogP contribution in [0.25, 0.3) is 5.65 Å². The molecule has 2 rings (SSSR count). The number of aryl methyl sites for hydroxylation is 2. The van der Waals surface area contributed by atoms with Gasteiger partial charge in [-0.05, 0) is 29.8 Å². The van der Waals surface area contributed by atoms with Crippen LogP contribution in [-0.2, 0) is 7.05 Å². The van der Waals surface area contributed by atoms with Gasteiger partial charge in [-0.15, -0.1) is 0 Å². The summed E-state index contributed by atoms with van der Waals surface area (Å²) in [6, 6.07) is 0. The van der Waals surface area contributed by atoms with Gasteiger partial charge < -0.3 is 0 Å². The van der Waals surface area contributed by atoms with E-state index in [0.29, 0.717) is 5.56 Å². The standard InChI is InChI=1S/C8H10N4O/c1-5-4-12-8(7(5)6(2)13)11(3)9-10-12/h4H,1-3H3. The monoisotopic (exact) mass is 178 g/mol. The lowest BCUT2D eigenvalue weighted by molar-refractivity contribution is 0.101. The number of ketones is 1. The minimum atomic E-state index is 0.0467. The SMILES string of the molecule is CC(=O)c1c(C)cn2nnn(C)c12. The van der Waals surface area contributed by atoms with Gasteiger partial charge in [-0.2, -0.15) is 0 Å². The number of hydrogen-bond acceptors (Lipinski definition) is 3. The molecule has 0 atom stereocenters. The second kappa shape index (κ2) is 2.42.